The number of amides is 3. The summed E-state index contributed by atoms with van der Waals surface area (Å²) in [5.74, 6) is 0.238. The van der Waals surface area contributed by atoms with E-state index in [2.05, 4.69) is 11.4 Å². The van der Waals surface area contributed by atoms with E-state index < -0.39 is 0 Å². The molecule has 0 atom stereocenters. The van der Waals surface area contributed by atoms with Crippen LogP contribution in [0.15, 0.2) is 18.2 Å². The zero-order valence-electron chi connectivity index (χ0n) is 16.5. The predicted molar refractivity (Wildman–Crippen MR) is 106 cm³/mol. The van der Waals surface area contributed by atoms with E-state index in [1.807, 2.05) is 47.9 Å². The Labute approximate surface area is 161 Å². The summed E-state index contributed by atoms with van der Waals surface area (Å²) < 4.78 is 5.31. The zero-order chi connectivity index (χ0) is 19.4. The van der Waals surface area contributed by atoms with Gasteiger partial charge in [-0.25, -0.2) is 4.79 Å². The molecule has 0 aromatic heterocycles. The van der Waals surface area contributed by atoms with Crippen molar-refractivity contribution < 1.29 is 14.3 Å². The lowest BCUT2D eigenvalue weighted by Crippen LogP contribution is -2.48. The number of nitrogens with zero attached hydrogens (tertiary/aromatic N) is 3. The highest BCUT2D eigenvalue weighted by atomic mass is 16.5. The van der Waals surface area contributed by atoms with Gasteiger partial charge < -0.3 is 24.8 Å². The Kier molecular flexibility index (Phi) is 6.21. The minimum atomic E-state index is -0.0898. The maximum absolute atomic E-state index is 12.6. The Bertz CT molecular complexity index is 678. The van der Waals surface area contributed by atoms with Crippen LogP contribution in [-0.2, 0) is 9.53 Å². The van der Waals surface area contributed by atoms with E-state index in [-0.39, 0.29) is 17.9 Å². The number of morpholine rings is 1. The summed E-state index contributed by atoms with van der Waals surface area (Å²) in [5, 5.41) is 3.01. The largest absolute Gasteiger partial charge is 0.378 e. The Morgan fingerprint density at radius 3 is 2.33 bits per heavy atom. The SMILES string of the molecule is Cc1cc(N(C)C)ccc1NC(=O)N1CCC(C(=O)N2CCOCC2)CC1. The molecule has 2 aliphatic rings. The summed E-state index contributed by atoms with van der Waals surface area (Å²) >= 11 is 0. The number of hydrogen-bond donors (Lipinski definition) is 1. The maximum Gasteiger partial charge on any atom is 0.321 e. The molecule has 7 nitrogen and oxygen atoms in total. The first kappa shape index (κ1) is 19.5. The minimum Gasteiger partial charge on any atom is -0.378 e. The standard InChI is InChI=1S/C20H30N4O3/c1-15-14-17(22(2)3)4-5-18(15)21-20(26)24-8-6-16(7-9-24)19(25)23-10-12-27-13-11-23/h4-5,14,16H,6-13H2,1-3H3,(H,21,26). The van der Waals surface area contributed by atoms with Crippen molar-refractivity contribution in [2.24, 2.45) is 5.92 Å². The Morgan fingerprint density at radius 2 is 1.74 bits per heavy atom. The third kappa shape index (κ3) is 4.71. The lowest BCUT2D eigenvalue weighted by atomic mass is 9.95. The van der Waals surface area contributed by atoms with Crippen LogP contribution in [0.2, 0.25) is 0 Å². The fraction of sp³-hybridized carbons (Fsp3) is 0.600. The van der Waals surface area contributed by atoms with Crippen LogP contribution in [-0.4, -0.2) is 75.2 Å². The van der Waals surface area contributed by atoms with Crippen molar-refractivity contribution in [3.8, 4) is 0 Å². The molecule has 0 unspecified atom stereocenters. The van der Waals surface area contributed by atoms with Crippen molar-refractivity contribution in [1.82, 2.24) is 9.80 Å². The van der Waals surface area contributed by atoms with E-state index in [1.54, 1.807) is 0 Å². The molecule has 27 heavy (non-hydrogen) atoms. The molecular formula is C20H30N4O3. The minimum absolute atomic E-state index is 0.0215. The maximum atomic E-state index is 12.6. The van der Waals surface area contributed by atoms with Crippen molar-refractivity contribution in [2.75, 3.05) is 63.7 Å². The lowest BCUT2D eigenvalue weighted by molar-refractivity contribution is -0.140. The van der Waals surface area contributed by atoms with Gasteiger partial charge in [-0.2, -0.15) is 0 Å². The van der Waals surface area contributed by atoms with Gasteiger partial charge in [-0.15, -0.1) is 0 Å². The summed E-state index contributed by atoms with van der Waals surface area (Å²) in [6.07, 6.45) is 1.45. The van der Waals surface area contributed by atoms with Gasteiger partial charge >= 0.3 is 6.03 Å². The molecule has 2 aliphatic heterocycles. The van der Waals surface area contributed by atoms with Crippen molar-refractivity contribution in [1.29, 1.82) is 0 Å². The molecule has 0 radical (unpaired) electrons. The van der Waals surface area contributed by atoms with E-state index in [0.29, 0.717) is 39.4 Å². The summed E-state index contributed by atoms with van der Waals surface area (Å²) in [4.78, 5) is 31.0. The number of anilines is 2. The number of urea groups is 1. The van der Waals surface area contributed by atoms with Crippen LogP contribution < -0.4 is 10.2 Å². The highest BCUT2D eigenvalue weighted by Crippen LogP contribution is 2.24. The van der Waals surface area contributed by atoms with E-state index >= 15 is 0 Å². The van der Waals surface area contributed by atoms with Crippen molar-refractivity contribution >= 4 is 23.3 Å². The van der Waals surface area contributed by atoms with E-state index in [9.17, 15) is 9.59 Å². The van der Waals surface area contributed by atoms with Gasteiger partial charge in [-0.3, -0.25) is 4.79 Å². The van der Waals surface area contributed by atoms with E-state index in [0.717, 1.165) is 29.8 Å². The van der Waals surface area contributed by atoms with Crippen LogP contribution in [0.5, 0.6) is 0 Å². The Balaban J connectivity index is 1.52. The monoisotopic (exact) mass is 374 g/mol. The zero-order valence-corrected chi connectivity index (χ0v) is 16.5. The second-order valence-electron chi connectivity index (χ2n) is 7.52. The van der Waals surface area contributed by atoms with Gasteiger partial charge in [0.05, 0.1) is 13.2 Å². The first-order valence-corrected chi connectivity index (χ1v) is 9.66. The summed E-state index contributed by atoms with van der Waals surface area (Å²) in [5.41, 5.74) is 2.97. The number of likely N-dealkylation sites (tertiary alicyclic amines) is 1. The van der Waals surface area contributed by atoms with Crippen molar-refractivity contribution in [3.05, 3.63) is 23.8 Å². The summed E-state index contributed by atoms with van der Waals surface area (Å²) in [7, 11) is 3.99. The molecule has 1 N–H and O–H groups in total. The van der Waals surface area contributed by atoms with Crippen LogP contribution in [0.3, 0.4) is 0 Å². The van der Waals surface area contributed by atoms with E-state index in [1.165, 1.54) is 0 Å². The number of benzene rings is 1. The number of nitrogens with one attached hydrogen (secondary N) is 1. The molecule has 3 amide bonds. The third-order valence-electron chi connectivity index (χ3n) is 5.42. The first-order valence-electron chi connectivity index (χ1n) is 9.66. The predicted octanol–water partition coefficient (Wildman–Crippen LogP) is 2.16. The van der Waals surface area contributed by atoms with Crippen LogP contribution in [0.1, 0.15) is 18.4 Å². The topological polar surface area (TPSA) is 65.1 Å². The first-order chi connectivity index (χ1) is 13.0. The molecule has 0 spiro atoms. The smallest absolute Gasteiger partial charge is 0.321 e. The average Bonchev–Trinajstić information content (AvgIpc) is 2.69. The highest BCUT2D eigenvalue weighted by Gasteiger charge is 2.31. The highest BCUT2D eigenvalue weighted by molar-refractivity contribution is 5.90. The second kappa shape index (κ2) is 8.61. The number of carbonyl (C=O) groups excluding carboxylic acids is 2. The average molecular weight is 374 g/mol. The van der Waals surface area contributed by atoms with Crippen LogP contribution in [0.25, 0.3) is 0 Å². The molecule has 148 valence electrons. The fourth-order valence-electron chi connectivity index (χ4n) is 3.63. The number of rotatable bonds is 3. The van der Waals surface area contributed by atoms with Gasteiger partial charge in [0.25, 0.3) is 0 Å². The molecular weight excluding hydrogens is 344 g/mol. The van der Waals surface area contributed by atoms with E-state index in [4.69, 9.17) is 4.74 Å². The molecule has 7 heteroatoms. The van der Waals surface area contributed by atoms with Crippen molar-refractivity contribution in [3.63, 3.8) is 0 Å². The molecule has 2 heterocycles. The van der Waals surface area contributed by atoms with Crippen LogP contribution in [0, 0.1) is 12.8 Å². The molecule has 1 aromatic carbocycles. The van der Waals surface area contributed by atoms with Crippen LogP contribution >= 0.6 is 0 Å². The van der Waals surface area contributed by atoms with Crippen LogP contribution in [0.4, 0.5) is 16.2 Å². The summed E-state index contributed by atoms with van der Waals surface area (Å²) in [6, 6.07) is 5.91. The summed E-state index contributed by atoms with van der Waals surface area (Å²) in [6.45, 7) is 5.83. The molecule has 2 saturated heterocycles. The lowest BCUT2D eigenvalue weighted by Gasteiger charge is -2.35. The number of hydrogen-bond acceptors (Lipinski definition) is 4. The molecule has 3 rings (SSSR count). The van der Waals surface area contributed by atoms with Gasteiger partial charge in [0.15, 0.2) is 0 Å². The number of ether oxygens (including phenoxy) is 1. The molecule has 1 aromatic rings. The molecule has 0 aliphatic carbocycles. The molecule has 0 bridgehead atoms. The molecule has 2 fully saturated rings. The Morgan fingerprint density at radius 1 is 1.07 bits per heavy atom. The fourth-order valence-corrected chi connectivity index (χ4v) is 3.63. The molecule has 0 saturated carbocycles. The van der Waals surface area contributed by atoms with Gasteiger partial charge in [-0.1, -0.05) is 0 Å². The van der Waals surface area contributed by atoms with Gasteiger partial charge in [-0.05, 0) is 43.5 Å². The van der Waals surface area contributed by atoms with Gasteiger partial charge in [0, 0.05) is 57.6 Å². The quantitative estimate of drug-likeness (QED) is 0.881. The second-order valence-corrected chi connectivity index (χ2v) is 7.52. The third-order valence-corrected chi connectivity index (χ3v) is 5.42. The van der Waals surface area contributed by atoms with Gasteiger partial charge in [0.2, 0.25) is 5.91 Å². The van der Waals surface area contributed by atoms with Crippen molar-refractivity contribution in [2.45, 2.75) is 19.8 Å². The number of piperidine rings is 1. The number of carbonyl (C=O) groups is 2. The number of aryl methyl sites for hydroxylation is 1. The van der Waals surface area contributed by atoms with Gasteiger partial charge in [0.1, 0.15) is 0 Å². The normalized spacial score (nSPS) is 18.3. The Hall–Kier alpha value is -2.28.